The molecule has 2 N–H and O–H groups in total. The number of carbonyl (C=O) groups is 2. The topological polar surface area (TPSA) is 67.4 Å². The Balaban J connectivity index is 2.41. The maximum absolute atomic E-state index is 11.8. The van der Waals surface area contributed by atoms with Gasteiger partial charge >= 0.3 is 0 Å². The summed E-state index contributed by atoms with van der Waals surface area (Å²) >= 11 is 3.32. The van der Waals surface area contributed by atoms with Gasteiger partial charge in [-0.15, -0.1) is 0 Å². The van der Waals surface area contributed by atoms with Crippen molar-refractivity contribution in [3.63, 3.8) is 0 Å². The van der Waals surface area contributed by atoms with Crippen molar-refractivity contribution in [3.8, 4) is 5.75 Å². The Morgan fingerprint density at radius 2 is 1.95 bits per heavy atom. The largest absolute Gasteiger partial charge is 0.481 e. The molecule has 1 rings (SSSR count). The van der Waals surface area contributed by atoms with E-state index in [1.54, 1.807) is 19.1 Å². The average Bonchev–Trinajstić information content (AvgIpc) is 2.35. The SMILES string of the molecule is CC(C)CC(=O)NNC(=O)C(C)Oc1cccc(Br)c1. The van der Waals surface area contributed by atoms with Gasteiger partial charge in [0.1, 0.15) is 5.75 Å². The zero-order valence-electron chi connectivity index (χ0n) is 11.8. The van der Waals surface area contributed by atoms with Crippen LogP contribution >= 0.6 is 15.9 Å². The van der Waals surface area contributed by atoms with Gasteiger partial charge in [-0.05, 0) is 31.0 Å². The van der Waals surface area contributed by atoms with Crippen LogP contribution in [0.25, 0.3) is 0 Å². The first kappa shape index (κ1) is 16.5. The molecule has 2 amide bonds. The van der Waals surface area contributed by atoms with E-state index in [1.165, 1.54) is 0 Å². The van der Waals surface area contributed by atoms with E-state index >= 15 is 0 Å². The number of hydrogen-bond donors (Lipinski definition) is 2. The van der Waals surface area contributed by atoms with Crippen molar-refractivity contribution >= 4 is 27.7 Å². The summed E-state index contributed by atoms with van der Waals surface area (Å²) in [5.41, 5.74) is 4.71. The molecule has 110 valence electrons. The molecule has 1 aromatic rings. The highest BCUT2D eigenvalue weighted by Gasteiger charge is 2.15. The van der Waals surface area contributed by atoms with Crippen LogP contribution in [0.1, 0.15) is 27.2 Å². The summed E-state index contributed by atoms with van der Waals surface area (Å²) in [5.74, 6) is 0.197. The van der Waals surface area contributed by atoms with Gasteiger partial charge < -0.3 is 4.74 Å². The van der Waals surface area contributed by atoms with Gasteiger partial charge in [0.05, 0.1) is 0 Å². The second-order valence-corrected chi connectivity index (χ2v) is 5.77. The molecule has 0 aliphatic heterocycles. The smallest absolute Gasteiger partial charge is 0.279 e. The summed E-state index contributed by atoms with van der Waals surface area (Å²) in [6, 6.07) is 7.20. The monoisotopic (exact) mass is 342 g/mol. The summed E-state index contributed by atoms with van der Waals surface area (Å²) in [5, 5.41) is 0. The van der Waals surface area contributed by atoms with Gasteiger partial charge in [-0.3, -0.25) is 20.4 Å². The minimum absolute atomic E-state index is 0.219. The van der Waals surface area contributed by atoms with Crippen LogP contribution in [0.5, 0.6) is 5.75 Å². The summed E-state index contributed by atoms with van der Waals surface area (Å²) in [4.78, 5) is 23.2. The zero-order chi connectivity index (χ0) is 15.1. The van der Waals surface area contributed by atoms with Gasteiger partial charge in [0, 0.05) is 10.9 Å². The number of carbonyl (C=O) groups excluding carboxylic acids is 2. The molecule has 0 radical (unpaired) electrons. The van der Waals surface area contributed by atoms with Crippen molar-refractivity contribution in [1.29, 1.82) is 0 Å². The number of ether oxygens (including phenoxy) is 1. The first-order valence-electron chi connectivity index (χ1n) is 6.39. The van der Waals surface area contributed by atoms with E-state index in [0.717, 1.165) is 4.47 Å². The number of amides is 2. The second-order valence-electron chi connectivity index (χ2n) is 4.85. The summed E-state index contributed by atoms with van der Waals surface area (Å²) < 4.78 is 6.35. The molecule has 5 nitrogen and oxygen atoms in total. The molecule has 0 aliphatic carbocycles. The highest BCUT2D eigenvalue weighted by atomic mass is 79.9. The number of rotatable bonds is 5. The highest BCUT2D eigenvalue weighted by Crippen LogP contribution is 2.18. The fourth-order valence-corrected chi connectivity index (χ4v) is 1.83. The molecule has 0 heterocycles. The molecule has 0 saturated heterocycles. The van der Waals surface area contributed by atoms with Crippen LogP contribution in [-0.4, -0.2) is 17.9 Å². The lowest BCUT2D eigenvalue weighted by Crippen LogP contribution is -2.47. The van der Waals surface area contributed by atoms with Crippen molar-refractivity contribution in [2.45, 2.75) is 33.3 Å². The number of halogens is 1. The number of hydrogen-bond acceptors (Lipinski definition) is 3. The summed E-state index contributed by atoms with van der Waals surface area (Å²) in [6.45, 7) is 5.48. The maximum atomic E-state index is 11.8. The third-order valence-corrected chi connectivity index (χ3v) is 2.89. The lowest BCUT2D eigenvalue weighted by atomic mass is 10.1. The van der Waals surface area contributed by atoms with Crippen molar-refractivity contribution in [1.82, 2.24) is 10.9 Å². The molecule has 1 unspecified atom stereocenters. The highest BCUT2D eigenvalue weighted by molar-refractivity contribution is 9.10. The van der Waals surface area contributed by atoms with Gasteiger partial charge in [-0.25, -0.2) is 0 Å². The fraction of sp³-hybridized carbons (Fsp3) is 0.429. The van der Waals surface area contributed by atoms with Crippen molar-refractivity contribution in [2.24, 2.45) is 5.92 Å². The quantitative estimate of drug-likeness (QED) is 0.807. The molecular weight excluding hydrogens is 324 g/mol. The van der Waals surface area contributed by atoms with E-state index in [-0.39, 0.29) is 11.8 Å². The van der Waals surface area contributed by atoms with E-state index in [4.69, 9.17) is 4.74 Å². The van der Waals surface area contributed by atoms with Crippen LogP contribution in [0.3, 0.4) is 0 Å². The van der Waals surface area contributed by atoms with E-state index in [1.807, 2.05) is 26.0 Å². The van der Waals surface area contributed by atoms with Crippen LogP contribution in [0.2, 0.25) is 0 Å². The molecule has 0 bridgehead atoms. The van der Waals surface area contributed by atoms with Crippen LogP contribution in [0.15, 0.2) is 28.7 Å². The zero-order valence-corrected chi connectivity index (χ0v) is 13.4. The maximum Gasteiger partial charge on any atom is 0.279 e. The Hall–Kier alpha value is -1.56. The van der Waals surface area contributed by atoms with Gasteiger partial charge in [0.15, 0.2) is 6.10 Å². The molecule has 0 spiro atoms. The van der Waals surface area contributed by atoms with Crippen LogP contribution in [-0.2, 0) is 9.59 Å². The molecule has 6 heteroatoms. The molecule has 0 saturated carbocycles. The third-order valence-electron chi connectivity index (χ3n) is 2.40. The van der Waals surface area contributed by atoms with Crippen molar-refractivity contribution in [3.05, 3.63) is 28.7 Å². The molecule has 0 aliphatic rings. The Labute approximate surface area is 127 Å². The molecule has 1 aromatic carbocycles. The van der Waals surface area contributed by atoms with E-state index < -0.39 is 12.0 Å². The Bertz CT molecular complexity index is 477. The predicted octanol–water partition coefficient (Wildman–Crippen LogP) is 2.41. The lowest BCUT2D eigenvalue weighted by Gasteiger charge is -2.15. The van der Waals surface area contributed by atoms with Gasteiger partial charge in [-0.1, -0.05) is 35.8 Å². The normalized spacial score (nSPS) is 11.8. The van der Waals surface area contributed by atoms with E-state index in [0.29, 0.717) is 12.2 Å². The molecule has 0 aromatic heterocycles. The third kappa shape index (κ3) is 6.06. The molecular formula is C14H19BrN2O3. The number of hydrazine groups is 1. The van der Waals surface area contributed by atoms with Crippen LogP contribution in [0.4, 0.5) is 0 Å². The van der Waals surface area contributed by atoms with E-state index in [2.05, 4.69) is 26.8 Å². The van der Waals surface area contributed by atoms with Gasteiger partial charge in [-0.2, -0.15) is 0 Å². The predicted molar refractivity (Wildman–Crippen MR) is 80.0 cm³/mol. The summed E-state index contributed by atoms with van der Waals surface area (Å²) in [7, 11) is 0. The molecule has 20 heavy (non-hydrogen) atoms. The first-order chi connectivity index (χ1) is 9.38. The van der Waals surface area contributed by atoms with Crippen LogP contribution < -0.4 is 15.6 Å². The van der Waals surface area contributed by atoms with E-state index in [9.17, 15) is 9.59 Å². The molecule has 1 atom stereocenters. The Kier molecular flexibility index (Phi) is 6.51. The first-order valence-corrected chi connectivity index (χ1v) is 7.18. The average molecular weight is 343 g/mol. The molecule has 0 fully saturated rings. The summed E-state index contributed by atoms with van der Waals surface area (Å²) in [6.07, 6.45) is -0.343. The second kappa shape index (κ2) is 7.89. The minimum atomic E-state index is -0.705. The Morgan fingerprint density at radius 1 is 1.25 bits per heavy atom. The van der Waals surface area contributed by atoms with Crippen molar-refractivity contribution < 1.29 is 14.3 Å². The fourth-order valence-electron chi connectivity index (χ4n) is 1.45. The van der Waals surface area contributed by atoms with Crippen molar-refractivity contribution in [2.75, 3.05) is 0 Å². The lowest BCUT2D eigenvalue weighted by molar-refractivity contribution is -0.133. The Morgan fingerprint density at radius 3 is 2.55 bits per heavy atom. The standard InChI is InChI=1S/C14H19BrN2O3/c1-9(2)7-13(18)16-17-14(19)10(3)20-12-6-4-5-11(15)8-12/h4-6,8-10H,7H2,1-3H3,(H,16,18)(H,17,19). The minimum Gasteiger partial charge on any atom is -0.481 e. The van der Waals surface area contributed by atoms with Gasteiger partial charge in [0.25, 0.3) is 5.91 Å². The number of benzene rings is 1. The number of nitrogens with one attached hydrogen (secondary N) is 2. The van der Waals surface area contributed by atoms with Gasteiger partial charge in [0.2, 0.25) is 5.91 Å². The van der Waals surface area contributed by atoms with Crippen LogP contribution in [0, 0.1) is 5.92 Å².